The summed E-state index contributed by atoms with van der Waals surface area (Å²) >= 11 is 0. The number of hydrazone groups is 1. The van der Waals surface area contributed by atoms with E-state index >= 15 is 0 Å². The number of nitrogens with one attached hydrogen (secondary N) is 1. The average Bonchev–Trinajstić information content (AvgIpc) is 3.24. The van der Waals surface area contributed by atoms with Gasteiger partial charge in [0.05, 0.1) is 18.2 Å². The first-order valence-corrected chi connectivity index (χ1v) is 10.0. The molecule has 1 fully saturated rings. The van der Waals surface area contributed by atoms with Crippen LogP contribution in [0.1, 0.15) is 28.8 Å². The van der Waals surface area contributed by atoms with Crippen LogP contribution in [0.5, 0.6) is 5.75 Å². The van der Waals surface area contributed by atoms with Crippen molar-refractivity contribution in [2.24, 2.45) is 5.10 Å². The van der Waals surface area contributed by atoms with Gasteiger partial charge in [0.25, 0.3) is 5.91 Å². The number of sulfonamides is 1. The SMILES string of the molecule is COc1cccc(/C=N\NC(=O)c2cccc(S(=O)(=O)N3CCCC3)c2)c1. The number of amides is 1. The largest absolute Gasteiger partial charge is 0.497 e. The maximum atomic E-state index is 12.6. The van der Waals surface area contributed by atoms with E-state index in [-0.39, 0.29) is 10.5 Å². The summed E-state index contributed by atoms with van der Waals surface area (Å²) in [5.74, 6) is 0.206. The fraction of sp³-hybridized carbons (Fsp3) is 0.263. The second-order valence-electron chi connectivity index (χ2n) is 6.11. The number of hydrogen-bond donors (Lipinski definition) is 1. The monoisotopic (exact) mass is 387 g/mol. The number of hydrogen-bond acceptors (Lipinski definition) is 5. The van der Waals surface area contributed by atoms with Gasteiger partial charge in [-0.1, -0.05) is 18.2 Å². The molecular formula is C19H21N3O4S. The third kappa shape index (κ3) is 4.53. The molecule has 7 nitrogen and oxygen atoms in total. The van der Waals surface area contributed by atoms with E-state index in [1.807, 2.05) is 18.2 Å². The van der Waals surface area contributed by atoms with Gasteiger partial charge in [-0.3, -0.25) is 4.79 Å². The van der Waals surface area contributed by atoms with Crippen molar-refractivity contribution in [1.29, 1.82) is 0 Å². The van der Waals surface area contributed by atoms with Crippen molar-refractivity contribution in [2.45, 2.75) is 17.7 Å². The van der Waals surface area contributed by atoms with Crippen molar-refractivity contribution in [1.82, 2.24) is 9.73 Å². The fourth-order valence-electron chi connectivity index (χ4n) is 2.83. The van der Waals surface area contributed by atoms with E-state index in [0.717, 1.165) is 18.4 Å². The van der Waals surface area contributed by atoms with E-state index < -0.39 is 15.9 Å². The predicted octanol–water partition coefficient (Wildman–Crippen LogP) is 2.24. The van der Waals surface area contributed by atoms with Gasteiger partial charge in [-0.25, -0.2) is 13.8 Å². The third-order valence-corrected chi connectivity index (χ3v) is 6.17. The van der Waals surface area contributed by atoms with E-state index in [1.54, 1.807) is 25.3 Å². The smallest absolute Gasteiger partial charge is 0.271 e. The van der Waals surface area contributed by atoms with Crippen LogP contribution in [0, 0.1) is 0 Å². The molecule has 0 bridgehead atoms. The molecule has 27 heavy (non-hydrogen) atoms. The summed E-state index contributed by atoms with van der Waals surface area (Å²) in [5, 5.41) is 3.92. The summed E-state index contributed by atoms with van der Waals surface area (Å²) in [6.45, 7) is 1.03. The minimum absolute atomic E-state index is 0.119. The van der Waals surface area contributed by atoms with Gasteiger partial charge in [0.15, 0.2) is 0 Å². The highest BCUT2D eigenvalue weighted by atomic mass is 32.2. The predicted molar refractivity (Wildman–Crippen MR) is 102 cm³/mol. The molecule has 1 amide bonds. The minimum atomic E-state index is -3.56. The molecule has 1 aliphatic heterocycles. The van der Waals surface area contributed by atoms with Crippen LogP contribution in [0.15, 0.2) is 58.5 Å². The zero-order valence-electron chi connectivity index (χ0n) is 15.0. The Morgan fingerprint density at radius 2 is 1.89 bits per heavy atom. The lowest BCUT2D eigenvalue weighted by Crippen LogP contribution is -2.28. The van der Waals surface area contributed by atoms with Crippen molar-refractivity contribution < 1.29 is 17.9 Å². The Hall–Kier alpha value is -2.71. The van der Waals surface area contributed by atoms with Crippen LogP contribution in [0.25, 0.3) is 0 Å². The van der Waals surface area contributed by atoms with Crippen LogP contribution in [-0.4, -0.2) is 45.0 Å². The second kappa shape index (κ2) is 8.32. The van der Waals surface area contributed by atoms with Gasteiger partial charge in [-0.2, -0.15) is 9.41 Å². The number of methoxy groups -OCH3 is 1. The lowest BCUT2D eigenvalue weighted by molar-refractivity contribution is 0.0955. The van der Waals surface area contributed by atoms with Gasteiger partial charge in [0.2, 0.25) is 10.0 Å². The first-order chi connectivity index (χ1) is 13.0. The van der Waals surface area contributed by atoms with Gasteiger partial charge in [-0.15, -0.1) is 0 Å². The second-order valence-corrected chi connectivity index (χ2v) is 8.05. The minimum Gasteiger partial charge on any atom is -0.497 e. The molecule has 142 valence electrons. The molecule has 0 aromatic heterocycles. The molecule has 2 aromatic carbocycles. The topological polar surface area (TPSA) is 88.1 Å². The van der Waals surface area contributed by atoms with Crippen molar-refractivity contribution in [3.05, 3.63) is 59.7 Å². The maximum absolute atomic E-state index is 12.6. The van der Waals surface area contributed by atoms with Gasteiger partial charge in [0.1, 0.15) is 5.75 Å². The van der Waals surface area contributed by atoms with E-state index in [2.05, 4.69) is 10.5 Å². The van der Waals surface area contributed by atoms with Crippen LogP contribution in [-0.2, 0) is 10.0 Å². The zero-order chi connectivity index (χ0) is 19.3. The van der Waals surface area contributed by atoms with Gasteiger partial charge in [-0.05, 0) is 48.7 Å². The quantitative estimate of drug-likeness (QED) is 0.608. The number of carbonyl (C=O) groups excluding carboxylic acids is 1. The molecule has 1 heterocycles. The molecule has 0 saturated carbocycles. The van der Waals surface area contributed by atoms with E-state index in [0.29, 0.717) is 18.8 Å². The van der Waals surface area contributed by atoms with Crippen LogP contribution in [0.4, 0.5) is 0 Å². The highest BCUT2D eigenvalue weighted by molar-refractivity contribution is 7.89. The Bertz CT molecular complexity index is 951. The summed E-state index contributed by atoms with van der Waals surface area (Å²) in [7, 11) is -1.99. The molecule has 1 aliphatic rings. The molecule has 8 heteroatoms. The lowest BCUT2D eigenvalue weighted by atomic mass is 10.2. The van der Waals surface area contributed by atoms with Gasteiger partial charge >= 0.3 is 0 Å². The summed E-state index contributed by atoms with van der Waals surface area (Å²) in [6, 6.07) is 13.2. The van der Waals surface area contributed by atoms with Gasteiger partial charge in [0, 0.05) is 18.7 Å². The van der Waals surface area contributed by atoms with Gasteiger partial charge < -0.3 is 4.74 Å². The Labute approximate surface area is 158 Å². The van der Waals surface area contributed by atoms with Crippen molar-refractivity contribution in [3.63, 3.8) is 0 Å². The molecule has 0 aliphatic carbocycles. The molecule has 0 radical (unpaired) electrons. The molecule has 2 aromatic rings. The highest BCUT2D eigenvalue weighted by Crippen LogP contribution is 2.21. The Morgan fingerprint density at radius 3 is 2.63 bits per heavy atom. The zero-order valence-corrected chi connectivity index (χ0v) is 15.8. The van der Waals surface area contributed by atoms with Crippen molar-refractivity contribution in [2.75, 3.05) is 20.2 Å². The lowest BCUT2D eigenvalue weighted by Gasteiger charge is -2.15. The summed E-state index contributed by atoms with van der Waals surface area (Å²) in [6.07, 6.45) is 3.21. The van der Waals surface area contributed by atoms with Crippen LogP contribution >= 0.6 is 0 Å². The van der Waals surface area contributed by atoms with E-state index in [1.165, 1.54) is 22.7 Å². The standard InChI is InChI=1S/C19H21N3O4S/c1-26-17-8-4-6-15(12-17)14-20-21-19(23)16-7-5-9-18(13-16)27(24,25)22-10-2-3-11-22/h4-9,12-14H,2-3,10-11H2,1H3,(H,21,23)/b20-14-. The maximum Gasteiger partial charge on any atom is 0.271 e. The molecule has 0 spiro atoms. The summed E-state index contributed by atoms with van der Waals surface area (Å²) in [4.78, 5) is 12.4. The number of carbonyl (C=O) groups is 1. The van der Waals surface area contributed by atoms with Crippen LogP contribution in [0.3, 0.4) is 0 Å². The number of rotatable bonds is 6. The summed E-state index contributed by atoms with van der Waals surface area (Å²) < 4.78 is 31.8. The average molecular weight is 387 g/mol. The normalized spacial score (nSPS) is 15.1. The number of ether oxygens (including phenoxy) is 1. The molecule has 0 atom stereocenters. The molecule has 0 unspecified atom stereocenters. The molecule has 3 rings (SSSR count). The van der Waals surface area contributed by atoms with E-state index in [4.69, 9.17) is 4.74 Å². The number of nitrogens with zero attached hydrogens (tertiary/aromatic N) is 2. The molecule has 1 N–H and O–H groups in total. The molecular weight excluding hydrogens is 366 g/mol. The third-order valence-electron chi connectivity index (χ3n) is 4.27. The first kappa shape index (κ1) is 19.1. The highest BCUT2D eigenvalue weighted by Gasteiger charge is 2.27. The first-order valence-electron chi connectivity index (χ1n) is 8.58. The fourth-order valence-corrected chi connectivity index (χ4v) is 4.39. The van der Waals surface area contributed by atoms with Crippen LogP contribution in [0.2, 0.25) is 0 Å². The Kier molecular flexibility index (Phi) is 5.88. The van der Waals surface area contributed by atoms with Crippen molar-refractivity contribution in [3.8, 4) is 5.75 Å². The summed E-state index contributed by atoms with van der Waals surface area (Å²) in [5.41, 5.74) is 3.41. The Balaban J connectivity index is 1.71. The Morgan fingerprint density at radius 1 is 1.15 bits per heavy atom. The van der Waals surface area contributed by atoms with Crippen molar-refractivity contribution >= 4 is 22.1 Å². The molecule has 1 saturated heterocycles. The van der Waals surface area contributed by atoms with E-state index in [9.17, 15) is 13.2 Å². The number of benzene rings is 2. The van der Waals surface area contributed by atoms with Crippen LogP contribution < -0.4 is 10.2 Å².